The first-order valence-electron chi connectivity index (χ1n) is 11.3. The number of rotatable bonds is 14. The topological polar surface area (TPSA) is 75.2 Å². The number of carbonyl (C=O) groups excluding carboxylic acids is 1. The van der Waals surface area contributed by atoms with Crippen molar-refractivity contribution >= 4 is 17.6 Å². The van der Waals surface area contributed by atoms with Crippen LogP contribution in [-0.4, -0.2) is 64.5 Å². The molecule has 0 saturated carbocycles. The van der Waals surface area contributed by atoms with Crippen molar-refractivity contribution in [1.82, 2.24) is 10.6 Å². The largest absolute Gasteiger partial charge is 0.379 e. The predicted molar refractivity (Wildman–Crippen MR) is 122 cm³/mol. The maximum absolute atomic E-state index is 12.6. The minimum Gasteiger partial charge on any atom is -0.379 e. The smallest absolute Gasteiger partial charge is 0.227 e. The lowest BCUT2D eigenvalue weighted by atomic mass is 10.2. The highest BCUT2D eigenvalue weighted by Gasteiger charge is 2.23. The Morgan fingerprint density at radius 1 is 1.07 bits per heavy atom. The molecule has 0 aliphatic carbocycles. The molecule has 1 aromatic rings. The van der Waals surface area contributed by atoms with Gasteiger partial charge in [-0.25, -0.2) is 0 Å². The maximum atomic E-state index is 12.6. The van der Waals surface area contributed by atoms with Crippen molar-refractivity contribution < 1.29 is 14.3 Å². The second kappa shape index (κ2) is 14.8. The van der Waals surface area contributed by atoms with E-state index in [1.165, 1.54) is 5.56 Å². The number of anilines is 1. The van der Waals surface area contributed by atoms with Gasteiger partial charge in [-0.2, -0.15) is 0 Å². The third-order valence-corrected chi connectivity index (χ3v) is 4.90. The number of aliphatic imine (C=N–C) groups is 1. The SMILES string of the molecule is CCCCOCCOCCNC(=NCCCC(=O)N1CCc2ccccc21)NCC. The third-order valence-electron chi connectivity index (χ3n) is 4.90. The molecule has 30 heavy (non-hydrogen) atoms. The van der Waals surface area contributed by atoms with Crippen LogP contribution in [-0.2, 0) is 20.7 Å². The number of unbranched alkanes of at least 4 members (excludes halogenated alkanes) is 1. The molecule has 2 N–H and O–H groups in total. The number of amides is 1. The predicted octanol–water partition coefficient (Wildman–Crippen LogP) is 2.74. The zero-order chi connectivity index (χ0) is 21.4. The number of hydrogen-bond donors (Lipinski definition) is 2. The number of nitrogens with zero attached hydrogens (tertiary/aromatic N) is 2. The van der Waals surface area contributed by atoms with Gasteiger partial charge >= 0.3 is 0 Å². The molecule has 0 fully saturated rings. The second-order valence-electron chi connectivity index (χ2n) is 7.29. The van der Waals surface area contributed by atoms with Crippen LogP contribution in [0.3, 0.4) is 0 Å². The average molecular weight is 419 g/mol. The van der Waals surface area contributed by atoms with Gasteiger partial charge in [0.25, 0.3) is 0 Å². The molecule has 0 unspecified atom stereocenters. The molecule has 1 aliphatic rings. The standard InChI is InChI=1S/C23H38N4O3/c1-3-5-16-29-18-19-30-17-14-26-23(24-4-2)25-13-8-11-22(28)27-15-12-20-9-6-7-10-21(20)27/h6-7,9-10H,3-5,8,11-19H2,1-2H3,(H2,24,25,26). The Labute approximate surface area is 181 Å². The van der Waals surface area contributed by atoms with Crippen LogP contribution >= 0.6 is 0 Å². The van der Waals surface area contributed by atoms with Gasteiger partial charge < -0.3 is 25.0 Å². The number of guanidine groups is 1. The summed E-state index contributed by atoms with van der Waals surface area (Å²) in [4.78, 5) is 19.0. The zero-order valence-electron chi connectivity index (χ0n) is 18.6. The lowest BCUT2D eigenvalue weighted by Crippen LogP contribution is -2.39. The number of carbonyl (C=O) groups is 1. The van der Waals surface area contributed by atoms with E-state index in [-0.39, 0.29) is 5.91 Å². The molecule has 0 aromatic heterocycles. The van der Waals surface area contributed by atoms with Gasteiger partial charge in [0.05, 0.1) is 19.8 Å². The highest BCUT2D eigenvalue weighted by atomic mass is 16.5. The lowest BCUT2D eigenvalue weighted by Gasteiger charge is -2.17. The summed E-state index contributed by atoms with van der Waals surface area (Å²) in [6.45, 7) is 9.74. The molecule has 7 nitrogen and oxygen atoms in total. The molecule has 168 valence electrons. The summed E-state index contributed by atoms with van der Waals surface area (Å²) in [5.41, 5.74) is 2.33. The highest BCUT2D eigenvalue weighted by Crippen LogP contribution is 2.27. The first-order chi connectivity index (χ1) is 14.8. The van der Waals surface area contributed by atoms with E-state index in [9.17, 15) is 4.79 Å². The molecule has 2 rings (SSSR count). The van der Waals surface area contributed by atoms with Crippen LogP contribution in [0.25, 0.3) is 0 Å². The van der Waals surface area contributed by atoms with Gasteiger partial charge in [0.15, 0.2) is 5.96 Å². The molecule has 1 aromatic carbocycles. The Bertz CT molecular complexity index is 651. The van der Waals surface area contributed by atoms with Gasteiger partial charge in [-0.15, -0.1) is 0 Å². The van der Waals surface area contributed by atoms with Gasteiger partial charge in [0.1, 0.15) is 0 Å². The Hall–Kier alpha value is -2.12. The summed E-state index contributed by atoms with van der Waals surface area (Å²) in [5, 5.41) is 6.49. The Morgan fingerprint density at radius 3 is 2.67 bits per heavy atom. The van der Waals surface area contributed by atoms with E-state index in [2.05, 4.69) is 28.6 Å². The monoisotopic (exact) mass is 418 g/mol. The highest BCUT2D eigenvalue weighted by molar-refractivity contribution is 5.95. The van der Waals surface area contributed by atoms with Crippen molar-refractivity contribution in [3.63, 3.8) is 0 Å². The van der Waals surface area contributed by atoms with Crippen LogP contribution in [0.15, 0.2) is 29.3 Å². The molecule has 0 bridgehead atoms. The Kier molecular flexibility index (Phi) is 11.9. The van der Waals surface area contributed by atoms with Crippen molar-refractivity contribution in [2.75, 3.05) is 57.5 Å². The van der Waals surface area contributed by atoms with Gasteiger partial charge in [0, 0.05) is 44.9 Å². The van der Waals surface area contributed by atoms with Crippen molar-refractivity contribution in [1.29, 1.82) is 0 Å². The normalized spacial score (nSPS) is 13.4. The van der Waals surface area contributed by atoms with Gasteiger partial charge in [-0.1, -0.05) is 31.5 Å². The van der Waals surface area contributed by atoms with E-state index in [1.807, 2.05) is 30.0 Å². The fourth-order valence-corrected chi connectivity index (χ4v) is 3.31. The second-order valence-corrected chi connectivity index (χ2v) is 7.29. The van der Waals surface area contributed by atoms with E-state index >= 15 is 0 Å². The number of fused-ring (bicyclic) bond motifs is 1. The van der Waals surface area contributed by atoms with Gasteiger partial charge in [-0.05, 0) is 37.8 Å². The number of benzene rings is 1. The molecule has 0 saturated heterocycles. The van der Waals surface area contributed by atoms with Crippen LogP contribution in [0.1, 0.15) is 45.1 Å². The summed E-state index contributed by atoms with van der Waals surface area (Å²) in [5.74, 6) is 0.946. The minimum atomic E-state index is 0.183. The minimum absolute atomic E-state index is 0.183. The van der Waals surface area contributed by atoms with E-state index in [0.717, 1.165) is 57.0 Å². The number of nitrogens with one attached hydrogen (secondary N) is 2. The summed E-state index contributed by atoms with van der Waals surface area (Å²) in [6, 6.07) is 8.16. The van der Waals surface area contributed by atoms with E-state index in [0.29, 0.717) is 39.3 Å². The first kappa shape index (κ1) is 24.2. The molecular formula is C23H38N4O3. The first-order valence-corrected chi connectivity index (χ1v) is 11.3. The van der Waals surface area contributed by atoms with Crippen LogP contribution in [0.5, 0.6) is 0 Å². The van der Waals surface area contributed by atoms with E-state index < -0.39 is 0 Å². The summed E-state index contributed by atoms with van der Waals surface area (Å²) < 4.78 is 11.0. The van der Waals surface area contributed by atoms with E-state index in [4.69, 9.17) is 9.47 Å². The number of ether oxygens (including phenoxy) is 2. The fourth-order valence-electron chi connectivity index (χ4n) is 3.31. The zero-order valence-corrected chi connectivity index (χ0v) is 18.6. The fraction of sp³-hybridized carbons (Fsp3) is 0.652. The lowest BCUT2D eigenvalue weighted by molar-refractivity contribution is -0.118. The summed E-state index contributed by atoms with van der Waals surface area (Å²) >= 11 is 0. The molecule has 1 heterocycles. The molecule has 0 atom stereocenters. The third kappa shape index (κ3) is 8.71. The van der Waals surface area contributed by atoms with Gasteiger partial charge in [0.2, 0.25) is 5.91 Å². The molecule has 0 spiro atoms. The Balaban J connectivity index is 1.60. The molecular weight excluding hydrogens is 380 g/mol. The Morgan fingerprint density at radius 2 is 1.87 bits per heavy atom. The number of para-hydroxylation sites is 1. The van der Waals surface area contributed by atoms with Crippen molar-refractivity contribution in [2.45, 2.75) is 46.0 Å². The number of hydrogen-bond acceptors (Lipinski definition) is 4. The molecule has 1 aliphatic heterocycles. The molecule has 0 radical (unpaired) electrons. The maximum Gasteiger partial charge on any atom is 0.227 e. The molecule has 1 amide bonds. The quantitative estimate of drug-likeness (QED) is 0.276. The van der Waals surface area contributed by atoms with Gasteiger partial charge in [-0.3, -0.25) is 9.79 Å². The average Bonchev–Trinajstić information content (AvgIpc) is 3.19. The molecule has 7 heteroatoms. The van der Waals surface area contributed by atoms with E-state index in [1.54, 1.807) is 0 Å². The van der Waals surface area contributed by atoms with Crippen LogP contribution in [0.4, 0.5) is 5.69 Å². The summed E-state index contributed by atoms with van der Waals surface area (Å²) in [6.07, 6.45) is 4.44. The summed E-state index contributed by atoms with van der Waals surface area (Å²) in [7, 11) is 0. The van der Waals surface area contributed by atoms with Crippen LogP contribution in [0, 0.1) is 0 Å². The van der Waals surface area contributed by atoms with Crippen molar-refractivity contribution in [3.8, 4) is 0 Å². The van der Waals surface area contributed by atoms with Crippen LogP contribution in [0.2, 0.25) is 0 Å². The van der Waals surface area contributed by atoms with Crippen molar-refractivity contribution in [3.05, 3.63) is 29.8 Å². The van der Waals surface area contributed by atoms with Crippen LogP contribution < -0.4 is 15.5 Å². The van der Waals surface area contributed by atoms with Crippen molar-refractivity contribution in [2.24, 2.45) is 4.99 Å².